The molecule has 2 unspecified atom stereocenters. The van der Waals surface area contributed by atoms with E-state index in [0.29, 0.717) is 18.1 Å². The van der Waals surface area contributed by atoms with Gasteiger partial charge in [0.05, 0.1) is 11.1 Å². The maximum Gasteiger partial charge on any atom is 0.416 e. The molecule has 1 fully saturated rings. The van der Waals surface area contributed by atoms with Crippen molar-refractivity contribution >= 4 is 17.7 Å². The third-order valence-corrected chi connectivity index (χ3v) is 5.97. The highest BCUT2D eigenvalue weighted by Crippen LogP contribution is 2.36. The molecule has 1 amide bonds. The summed E-state index contributed by atoms with van der Waals surface area (Å²) in [7, 11) is 3.71. The highest BCUT2D eigenvalue weighted by atomic mass is 19.4. The number of anilines is 2. The molecule has 1 saturated carbocycles. The number of nitrogens with zero attached hydrogens (tertiary/aromatic N) is 3. The van der Waals surface area contributed by atoms with Crippen LogP contribution in [0, 0.1) is 12.8 Å². The number of amides is 1. The number of aryl methyl sites for hydroxylation is 1. The first-order valence-corrected chi connectivity index (χ1v) is 11.1. The second kappa shape index (κ2) is 10.3. The minimum absolute atomic E-state index is 0.00142. The van der Waals surface area contributed by atoms with Crippen LogP contribution in [0.3, 0.4) is 0 Å². The van der Waals surface area contributed by atoms with Crippen LogP contribution in [-0.4, -0.2) is 42.6 Å². The number of carbonyl (C=O) groups excluding carboxylic acids is 1. The molecular formula is C23H27F6N5O. The van der Waals surface area contributed by atoms with Crippen molar-refractivity contribution in [2.75, 3.05) is 30.9 Å². The highest BCUT2D eigenvalue weighted by molar-refractivity contribution is 5.94. The quantitative estimate of drug-likeness (QED) is 0.525. The molecular weight excluding hydrogens is 476 g/mol. The fourth-order valence-electron chi connectivity index (χ4n) is 4.17. The summed E-state index contributed by atoms with van der Waals surface area (Å²) < 4.78 is 78.7. The molecule has 0 bridgehead atoms. The summed E-state index contributed by atoms with van der Waals surface area (Å²) in [6, 6.07) is 0.754. The van der Waals surface area contributed by atoms with Gasteiger partial charge in [0, 0.05) is 44.0 Å². The van der Waals surface area contributed by atoms with Gasteiger partial charge in [0.25, 0.3) is 5.91 Å². The minimum atomic E-state index is -5.02. The molecule has 0 spiro atoms. The molecule has 1 aliphatic rings. The topological polar surface area (TPSA) is 70.1 Å². The van der Waals surface area contributed by atoms with Crippen LogP contribution in [0.1, 0.15) is 52.7 Å². The van der Waals surface area contributed by atoms with Crippen molar-refractivity contribution in [1.29, 1.82) is 0 Å². The van der Waals surface area contributed by atoms with Crippen molar-refractivity contribution < 1.29 is 31.1 Å². The van der Waals surface area contributed by atoms with E-state index in [1.54, 1.807) is 6.20 Å². The van der Waals surface area contributed by atoms with Crippen LogP contribution < -0.4 is 15.5 Å². The van der Waals surface area contributed by atoms with Crippen LogP contribution in [0.5, 0.6) is 0 Å². The summed E-state index contributed by atoms with van der Waals surface area (Å²) in [5, 5.41) is 5.80. The van der Waals surface area contributed by atoms with Gasteiger partial charge < -0.3 is 15.5 Å². The van der Waals surface area contributed by atoms with Crippen molar-refractivity contribution in [3.8, 4) is 0 Å². The normalized spacial score (nSPS) is 18.8. The average Bonchev–Trinajstić information content (AvgIpc) is 2.78. The minimum Gasteiger partial charge on any atom is -0.362 e. The highest BCUT2D eigenvalue weighted by Gasteiger charge is 2.37. The summed E-state index contributed by atoms with van der Waals surface area (Å²) >= 11 is 0. The molecule has 0 radical (unpaired) electrons. The van der Waals surface area contributed by atoms with E-state index in [0.717, 1.165) is 37.1 Å². The zero-order valence-electron chi connectivity index (χ0n) is 19.5. The van der Waals surface area contributed by atoms with E-state index >= 15 is 0 Å². The standard InChI is InChI=1S/C23H27F6N5O/c1-13-11-31-21(33-19(13)34(2)3)32-18-7-5-4-6-14(18)12-30-20(35)15-8-16(22(24,25)26)10-17(9-15)23(27,28)29/h8-11,14,18H,4-7,12H2,1-3H3,(H,30,35)(H,31,32,33). The third-order valence-electron chi connectivity index (χ3n) is 5.97. The predicted molar refractivity (Wildman–Crippen MR) is 119 cm³/mol. The molecule has 2 aromatic rings. The van der Waals surface area contributed by atoms with E-state index in [1.807, 2.05) is 25.9 Å². The van der Waals surface area contributed by atoms with E-state index in [2.05, 4.69) is 20.6 Å². The fourth-order valence-corrected chi connectivity index (χ4v) is 4.17. The van der Waals surface area contributed by atoms with Gasteiger partial charge in [0.2, 0.25) is 5.95 Å². The Kier molecular flexibility index (Phi) is 7.80. The molecule has 1 aliphatic carbocycles. The summed E-state index contributed by atoms with van der Waals surface area (Å²) in [6.07, 6.45) is -5.05. The third kappa shape index (κ3) is 6.76. The molecule has 2 atom stereocenters. The second-order valence-electron chi connectivity index (χ2n) is 8.89. The summed E-state index contributed by atoms with van der Waals surface area (Å²) in [5.41, 5.74) is -2.84. The molecule has 0 aliphatic heterocycles. The number of rotatable bonds is 6. The first-order valence-electron chi connectivity index (χ1n) is 11.1. The van der Waals surface area contributed by atoms with E-state index in [-0.39, 0.29) is 24.6 Å². The Balaban J connectivity index is 1.74. The molecule has 35 heavy (non-hydrogen) atoms. The monoisotopic (exact) mass is 503 g/mol. The van der Waals surface area contributed by atoms with Gasteiger partial charge in [0.1, 0.15) is 5.82 Å². The molecule has 1 heterocycles. The number of benzene rings is 1. The van der Waals surface area contributed by atoms with Gasteiger partial charge in [-0.2, -0.15) is 31.3 Å². The van der Waals surface area contributed by atoms with E-state index < -0.39 is 35.0 Å². The zero-order chi connectivity index (χ0) is 26.0. The smallest absolute Gasteiger partial charge is 0.362 e. The number of aromatic nitrogens is 2. The lowest BCUT2D eigenvalue weighted by molar-refractivity contribution is -0.143. The second-order valence-corrected chi connectivity index (χ2v) is 8.89. The van der Waals surface area contributed by atoms with Gasteiger partial charge >= 0.3 is 12.4 Å². The van der Waals surface area contributed by atoms with Crippen LogP contribution >= 0.6 is 0 Å². The molecule has 0 saturated heterocycles. The first-order chi connectivity index (χ1) is 16.3. The van der Waals surface area contributed by atoms with E-state index in [4.69, 9.17) is 0 Å². The molecule has 192 valence electrons. The lowest BCUT2D eigenvalue weighted by atomic mass is 9.84. The summed E-state index contributed by atoms with van der Waals surface area (Å²) in [4.78, 5) is 23.2. The maximum atomic E-state index is 13.1. The van der Waals surface area contributed by atoms with E-state index in [1.165, 1.54) is 0 Å². The number of hydrogen-bond donors (Lipinski definition) is 2. The first kappa shape index (κ1) is 26.6. The maximum absolute atomic E-state index is 13.1. The number of hydrogen-bond acceptors (Lipinski definition) is 5. The van der Waals surface area contributed by atoms with Gasteiger partial charge in [0.15, 0.2) is 0 Å². The van der Waals surface area contributed by atoms with Crippen LogP contribution in [0.2, 0.25) is 0 Å². The number of alkyl halides is 6. The van der Waals surface area contributed by atoms with Crippen LogP contribution in [-0.2, 0) is 12.4 Å². The Morgan fingerprint density at radius 3 is 2.20 bits per heavy atom. The summed E-state index contributed by atoms with van der Waals surface area (Å²) in [5.74, 6) is 0.0594. The van der Waals surface area contributed by atoms with Crippen molar-refractivity contribution in [2.45, 2.75) is 51.0 Å². The van der Waals surface area contributed by atoms with Crippen LogP contribution in [0.4, 0.5) is 38.1 Å². The van der Waals surface area contributed by atoms with Gasteiger partial charge in [-0.1, -0.05) is 12.8 Å². The number of carbonyl (C=O) groups is 1. The zero-order valence-corrected chi connectivity index (χ0v) is 19.5. The fraction of sp³-hybridized carbons (Fsp3) is 0.522. The SMILES string of the molecule is Cc1cnc(NC2CCCCC2CNC(=O)c2cc(C(F)(F)F)cc(C(F)(F)F)c2)nc1N(C)C. The van der Waals surface area contributed by atoms with Gasteiger partial charge in [-0.3, -0.25) is 4.79 Å². The van der Waals surface area contributed by atoms with Crippen molar-refractivity contribution in [1.82, 2.24) is 15.3 Å². The summed E-state index contributed by atoms with van der Waals surface area (Å²) in [6.45, 7) is 1.97. The van der Waals surface area contributed by atoms with Crippen LogP contribution in [0.25, 0.3) is 0 Å². The molecule has 2 N–H and O–H groups in total. The molecule has 1 aromatic heterocycles. The Morgan fingerprint density at radius 2 is 1.63 bits per heavy atom. The van der Waals surface area contributed by atoms with Crippen molar-refractivity contribution in [3.63, 3.8) is 0 Å². The lowest BCUT2D eigenvalue weighted by Crippen LogP contribution is -2.41. The number of nitrogens with one attached hydrogen (secondary N) is 2. The Labute approximate surface area is 199 Å². The number of halogens is 6. The molecule has 12 heteroatoms. The van der Waals surface area contributed by atoms with Gasteiger partial charge in [-0.15, -0.1) is 0 Å². The molecule has 1 aromatic carbocycles. The molecule has 6 nitrogen and oxygen atoms in total. The van der Waals surface area contributed by atoms with E-state index in [9.17, 15) is 31.1 Å². The lowest BCUT2D eigenvalue weighted by Gasteiger charge is -2.32. The Morgan fingerprint density at radius 1 is 1.03 bits per heavy atom. The average molecular weight is 503 g/mol. The van der Waals surface area contributed by atoms with Crippen LogP contribution in [0.15, 0.2) is 24.4 Å². The predicted octanol–water partition coefficient (Wildman–Crippen LogP) is 5.29. The Hall–Kier alpha value is -3.05. The Bertz CT molecular complexity index is 1020. The largest absolute Gasteiger partial charge is 0.416 e. The van der Waals surface area contributed by atoms with Crippen molar-refractivity contribution in [2.24, 2.45) is 5.92 Å². The molecule has 3 rings (SSSR count). The van der Waals surface area contributed by atoms with Gasteiger partial charge in [-0.05, 0) is 43.9 Å². The van der Waals surface area contributed by atoms with Gasteiger partial charge in [-0.25, -0.2) is 4.98 Å². The van der Waals surface area contributed by atoms with Crippen molar-refractivity contribution in [3.05, 3.63) is 46.6 Å².